The first-order valence-electron chi connectivity index (χ1n) is 11.1. The van der Waals surface area contributed by atoms with E-state index in [1.165, 1.54) is 25.7 Å². The molecule has 0 aliphatic carbocycles. The van der Waals surface area contributed by atoms with Crippen LogP contribution in [0.1, 0.15) is 80.1 Å². The molecular weight excluding hydrogens is 338 g/mol. The van der Waals surface area contributed by atoms with Crippen LogP contribution in [-0.4, -0.2) is 64.7 Å². The van der Waals surface area contributed by atoms with Crippen LogP contribution in [0.2, 0.25) is 0 Å². The molecule has 4 heteroatoms. The molecular formula is C23H49NO3. The molecule has 0 saturated heterocycles. The molecule has 0 unspecified atom stereocenters. The van der Waals surface area contributed by atoms with Crippen LogP contribution in [0.25, 0.3) is 0 Å². The van der Waals surface area contributed by atoms with Crippen LogP contribution in [-0.2, 0) is 14.2 Å². The summed E-state index contributed by atoms with van der Waals surface area (Å²) in [5, 5.41) is 0. The lowest BCUT2D eigenvalue weighted by molar-refractivity contribution is 0.0296. The summed E-state index contributed by atoms with van der Waals surface area (Å²) in [6.07, 6.45) is 7.02. The Morgan fingerprint density at radius 2 is 1.26 bits per heavy atom. The quantitative estimate of drug-likeness (QED) is 0.278. The zero-order valence-corrected chi connectivity index (χ0v) is 19.6. The van der Waals surface area contributed by atoms with Crippen molar-refractivity contribution in [1.82, 2.24) is 4.90 Å². The van der Waals surface area contributed by atoms with Crippen LogP contribution < -0.4 is 0 Å². The Bertz CT molecular complexity index is 332. The molecule has 0 aromatic carbocycles. The number of unbranched alkanes of at least 4 members (excludes halogenated alkanes) is 2. The van der Waals surface area contributed by atoms with Crippen LogP contribution in [0, 0.1) is 10.8 Å². The maximum Gasteiger partial charge on any atom is 0.0701 e. The second kappa shape index (κ2) is 15.7. The summed E-state index contributed by atoms with van der Waals surface area (Å²) in [6.45, 7) is 20.7. The summed E-state index contributed by atoms with van der Waals surface area (Å²) in [7, 11) is 2.14. The van der Waals surface area contributed by atoms with Gasteiger partial charge in [0.05, 0.1) is 26.4 Å². The fraction of sp³-hybridized carbons (Fsp3) is 1.00. The second-order valence-corrected chi connectivity index (χ2v) is 9.50. The van der Waals surface area contributed by atoms with Crippen molar-refractivity contribution in [1.29, 1.82) is 0 Å². The van der Waals surface area contributed by atoms with Crippen molar-refractivity contribution >= 4 is 0 Å². The smallest absolute Gasteiger partial charge is 0.0701 e. The molecule has 0 aromatic heterocycles. The molecule has 27 heavy (non-hydrogen) atoms. The summed E-state index contributed by atoms with van der Waals surface area (Å²) in [4.78, 5) is 2.30. The molecule has 0 aromatic rings. The number of hydrogen-bond donors (Lipinski definition) is 0. The summed E-state index contributed by atoms with van der Waals surface area (Å²) in [5.74, 6) is 0. The predicted octanol–water partition coefficient (Wildman–Crippen LogP) is 5.40. The fourth-order valence-corrected chi connectivity index (χ4v) is 3.44. The average molecular weight is 388 g/mol. The van der Waals surface area contributed by atoms with Crippen LogP contribution in [0.5, 0.6) is 0 Å². The lowest BCUT2D eigenvalue weighted by atomic mass is 9.74. The molecule has 0 N–H and O–H groups in total. The van der Waals surface area contributed by atoms with Crippen LogP contribution in [0.4, 0.5) is 0 Å². The minimum Gasteiger partial charge on any atom is -0.381 e. The third-order valence-electron chi connectivity index (χ3n) is 5.08. The van der Waals surface area contributed by atoms with Crippen molar-refractivity contribution in [3.63, 3.8) is 0 Å². The van der Waals surface area contributed by atoms with E-state index in [4.69, 9.17) is 14.2 Å². The molecule has 0 fully saturated rings. The van der Waals surface area contributed by atoms with Gasteiger partial charge < -0.3 is 19.1 Å². The highest BCUT2D eigenvalue weighted by Gasteiger charge is 2.27. The van der Waals surface area contributed by atoms with Crippen molar-refractivity contribution in [2.75, 3.05) is 59.8 Å². The molecule has 0 aliphatic rings. The third-order valence-corrected chi connectivity index (χ3v) is 5.08. The Morgan fingerprint density at radius 3 is 1.85 bits per heavy atom. The second-order valence-electron chi connectivity index (χ2n) is 9.50. The van der Waals surface area contributed by atoms with Gasteiger partial charge in [-0.15, -0.1) is 0 Å². The van der Waals surface area contributed by atoms with E-state index in [9.17, 15) is 0 Å². The Morgan fingerprint density at radius 1 is 0.667 bits per heavy atom. The first-order valence-corrected chi connectivity index (χ1v) is 11.1. The molecule has 0 aliphatic heterocycles. The molecule has 0 spiro atoms. The summed E-state index contributed by atoms with van der Waals surface area (Å²) < 4.78 is 17.2. The van der Waals surface area contributed by atoms with Gasteiger partial charge in [0.25, 0.3) is 0 Å². The Kier molecular flexibility index (Phi) is 15.6. The van der Waals surface area contributed by atoms with E-state index < -0.39 is 0 Å². The first kappa shape index (κ1) is 26.8. The van der Waals surface area contributed by atoms with Gasteiger partial charge in [0.2, 0.25) is 0 Å². The molecule has 164 valence electrons. The van der Waals surface area contributed by atoms with Gasteiger partial charge >= 0.3 is 0 Å². The van der Waals surface area contributed by atoms with E-state index in [1.807, 2.05) is 0 Å². The van der Waals surface area contributed by atoms with Crippen LogP contribution in [0.3, 0.4) is 0 Å². The Balaban J connectivity index is 3.38. The molecule has 0 amide bonds. The van der Waals surface area contributed by atoms with Crippen molar-refractivity contribution in [2.24, 2.45) is 10.8 Å². The SMILES string of the molecule is CCCN(C)CCOCCOCCCCCOCC(C)(C)CC(C)(C)CC. The lowest BCUT2D eigenvalue weighted by Gasteiger charge is -2.34. The van der Waals surface area contributed by atoms with Crippen LogP contribution in [0.15, 0.2) is 0 Å². The highest BCUT2D eigenvalue weighted by atomic mass is 16.5. The van der Waals surface area contributed by atoms with Crippen molar-refractivity contribution in [3.8, 4) is 0 Å². The van der Waals surface area contributed by atoms with Gasteiger partial charge in [-0.3, -0.25) is 0 Å². The topological polar surface area (TPSA) is 30.9 Å². The van der Waals surface area contributed by atoms with Gasteiger partial charge in [0, 0.05) is 19.8 Å². The van der Waals surface area contributed by atoms with E-state index in [0.717, 1.165) is 52.4 Å². The molecule has 0 heterocycles. The normalized spacial score (nSPS) is 12.9. The number of hydrogen-bond acceptors (Lipinski definition) is 4. The van der Waals surface area contributed by atoms with E-state index in [0.29, 0.717) is 18.6 Å². The Hall–Kier alpha value is -0.160. The van der Waals surface area contributed by atoms with E-state index >= 15 is 0 Å². The molecule has 4 nitrogen and oxygen atoms in total. The van der Waals surface area contributed by atoms with Gasteiger partial charge in [0.15, 0.2) is 0 Å². The number of likely N-dealkylation sites (N-methyl/N-ethyl adjacent to an activating group) is 1. The van der Waals surface area contributed by atoms with Gasteiger partial charge in [-0.25, -0.2) is 0 Å². The monoisotopic (exact) mass is 387 g/mol. The predicted molar refractivity (Wildman–Crippen MR) is 117 cm³/mol. The Labute approximate surface area is 170 Å². The van der Waals surface area contributed by atoms with Crippen molar-refractivity contribution in [3.05, 3.63) is 0 Å². The highest BCUT2D eigenvalue weighted by Crippen LogP contribution is 2.36. The number of nitrogens with zero attached hydrogens (tertiary/aromatic N) is 1. The molecule has 0 radical (unpaired) electrons. The average Bonchev–Trinajstić information content (AvgIpc) is 2.58. The third kappa shape index (κ3) is 17.7. The maximum atomic E-state index is 5.93. The van der Waals surface area contributed by atoms with Crippen LogP contribution >= 0.6 is 0 Å². The molecule has 0 rings (SSSR count). The summed E-state index contributed by atoms with van der Waals surface area (Å²) >= 11 is 0. The number of rotatable bonds is 19. The molecule has 0 saturated carbocycles. The summed E-state index contributed by atoms with van der Waals surface area (Å²) in [5.41, 5.74) is 0.660. The minimum atomic E-state index is 0.258. The van der Waals surface area contributed by atoms with Gasteiger partial charge in [-0.2, -0.15) is 0 Å². The van der Waals surface area contributed by atoms with Gasteiger partial charge in [-0.05, 0) is 56.5 Å². The first-order chi connectivity index (χ1) is 12.7. The van der Waals surface area contributed by atoms with Gasteiger partial charge in [0.1, 0.15) is 0 Å². The zero-order chi connectivity index (χ0) is 20.6. The number of ether oxygens (including phenoxy) is 3. The van der Waals surface area contributed by atoms with E-state index in [-0.39, 0.29) is 5.41 Å². The van der Waals surface area contributed by atoms with Crippen molar-refractivity contribution in [2.45, 2.75) is 80.1 Å². The zero-order valence-electron chi connectivity index (χ0n) is 19.6. The summed E-state index contributed by atoms with van der Waals surface area (Å²) in [6, 6.07) is 0. The maximum absolute atomic E-state index is 5.93. The highest BCUT2D eigenvalue weighted by molar-refractivity contribution is 4.78. The lowest BCUT2D eigenvalue weighted by Crippen LogP contribution is -2.27. The minimum absolute atomic E-state index is 0.258. The largest absolute Gasteiger partial charge is 0.381 e. The van der Waals surface area contributed by atoms with E-state index in [2.05, 4.69) is 53.5 Å². The molecule has 0 bridgehead atoms. The van der Waals surface area contributed by atoms with Gasteiger partial charge in [-0.1, -0.05) is 48.0 Å². The standard InChI is InChI=1S/C23H49NO3/c1-8-13-24(7)14-17-26-19-18-25-15-11-10-12-16-27-21-23(5,6)20-22(3,4)9-2/h8-21H2,1-7H3. The molecule has 0 atom stereocenters. The van der Waals surface area contributed by atoms with E-state index in [1.54, 1.807) is 0 Å². The van der Waals surface area contributed by atoms with Crippen molar-refractivity contribution < 1.29 is 14.2 Å². The fourth-order valence-electron chi connectivity index (χ4n) is 3.44.